The van der Waals surface area contributed by atoms with Crippen LogP contribution in [0.25, 0.3) is 10.8 Å². The van der Waals surface area contributed by atoms with Crippen LogP contribution in [0.4, 0.5) is 5.69 Å². The highest BCUT2D eigenvalue weighted by Crippen LogP contribution is 2.40. The van der Waals surface area contributed by atoms with E-state index in [1.165, 1.54) is 25.9 Å². The van der Waals surface area contributed by atoms with E-state index in [0.29, 0.717) is 23.7 Å². The fourth-order valence-corrected chi connectivity index (χ4v) is 7.90. The third kappa shape index (κ3) is 5.09. The van der Waals surface area contributed by atoms with E-state index in [9.17, 15) is 8.42 Å². The van der Waals surface area contributed by atoms with E-state index in [-0.39, 0.29) is 0 Å². The smallest absolute Gasteiger partial charge is 0.264 e. The highest BCUT2D eigenvalue weighted by atomic mass is 32.2. The molecule has 0 amide bonds. The van der Waals surface area contributed by atoms with Gasteiger partial charge in [-0.15, -0.1) is 11.8 Å². The molecule has 0 spiro atoms. The van der Waals surface area contributed by atoms with Gasteiger partial charge in [0, 0.05) is 62.0 Å². The number of sulfonamides is 1. The monoisotopic (exact) mass is 523 g/mol. The van der Waals surface area contributed by atoms with Crippen LogP contribution in [0.1, 0.15) is 19.3 Å². The van der Waals surface area contributed by atoms with Crippen molar-refractivity contribution >= 4 is 38.2 Å². The number of hydrogen-bond donors (Lipinski definition) is 0. The average Bonchev–Trinajstić information content (AvgIpc) is 3.76. The number of ether oxygens (including phenoxy) is 1. The molecule has 1 saturated carbocycles. The molecule has 0 atom stereocenters. The summed E-state index contributed by atoms with van der Waals surface area (Å²) in [5.41, 5.74) is 0.716. The van der Waals surface area contributed by atoms with Crippen molar-refractivity contribution in [2.24, 2.45) is 0 Å². The Morgan fingerprint density at radius 2 is 1.69 bits per heavy atom. The molecule has 3 aliphatic rings. The van der Waals surface area contributed by atoms with Crippen LogP contribution in [0.2, 0.25) is 0 Å². The van der Waals surface area contributed by atoms with Gasteiger partial charge in [0.15, 0.2) is 0 Å². The fraction of sp³-hybridized carbons (Fsp3) is 0.429. The first-order chi connectivity index (χ1) is 17.6. The minimum absolute atomic E-state index is 0.326. The molecular formula is C28H33N3O3S2. The highest BCUT2D eigenvalue weighted by molar-refractivity contribution is 8.00. The summed E-state index contributed by atoms with van der Waals surface area (Å²) in [6, 6.07) is 19.9. The standard InChI is InChI=1S/C28H33N3O3S2/c32-36(33,26-10-6-22-4-1-2-5-23(22)20-26)31-17-19-35-28-11-9-25(21-27(28)31)34-18-3-12-29-13-15-30(16-14-29)24-7-8-24/h1-2,4-6,9-11,20-21,24H,3,7-8,12-19H2. The lowest BCUT2D eigenvalue weighted by Crippen LogP contribution is -2.47. The molecule has 1 saturated heterocycles. The van der Waals surface area contributed by atoms with Crippen LogP contribution in [0.3, 0.4) is 0 Å². The second-order valence-electron chi connectivity index (χ2n) is 9.87. The molecule has 8 heteroatoms. The molecule has 6 rings (SSSR count). The quantitative estimate of drug-likeness (QED) is 0.400. The first-order valence-electron chi connectivity index (χ1n) is 13.0. The molecule has 0 radical (unpaired) electrons. The van der Waals surface area contributed by atoms with Gasteiger partial charge in [0.1, 0.15) is 5.75 Å². The van der Waals surface area contributed by atoms with Gasteiger partial charge in [-0.25, -0.2) is 8.42 Å². The maximum atomic E-state index is 13.7. The maximum Gasteiger partial charge on any atom is 0.264 e. The van der Waals surface area contributed by atoms with E-state index >= 15 is 0 Å². The zero-order chi connectivity index (χ0) is 24.5. The van der Waals surface area contributed by atoms with Crippen molar-refractivity contribution in [1.82, 2.24) is 9.80 Å². The second kappa shape index (κ2) is 10.2. The number of hydrogen-bond acceptors (Lipinski definition) is 6. The van der Waals surface area contributed by atoms with Crippen molar-refractivity contribution in [3.63, 3.8) is 0 Å². The van der Waals surface area contributed by atoms with Crippen molar-refractivity contribution in [2.75, 3.05) is 55.9 Å². The SMILES string of the molecule is O=S(=O)(c1ccc2ccccc2c1)N1CCSc2ccc(OCCCN3CCN(C4CC4)CC3)cc21. The molecule has 2 aliphatic heterocycles. The van der Waals surface area contributed by atoms with Crippen LogP contribution < -0.4 is 9.04 Å². The lowest BCUT2D eigenvalue weighted by Gasteiger charge is -2.34. The van der Waals surface area contributed by atoms with Crippen molar-refractivity contribution in [3.8, 4) is 5.75 Å². The van der Waals surface area contributed by atoms with E-state index < -0.39 is 10.0 Å². The summed E-state index contributed by atoms with van der Waals surface area (Å²) in [4.78, 5) is 6.47. The molecule has 0 bridgehead atoms. The molecule has 0 N–H and O–H groups in total. The lowest BCUT2D eigenvalue weighted by molar-refractivity contribution is 0.121. The van der Waals surface area contributed by atoms with Gasteiger partial charge in [0.05, 0.1) is 17.2 Å². The highest BCUT2D eigenvalue weighted by Gasteiger charge is 2.31. The number of thioether (sulfide) groups is 1. The molecule has 6 nitrogen and oxygen atoms in total. The van der Waals surface area contributed by atoms with Gasteiger partial charge < -0.3 is 9.64 Å². The number of rotatable bonds is 8. The largest absolute Gasteiger partial charge is 0.493 e. The first-order valence-corrected chi connectivity index (χ1v) is 15.4. The number of anilines is 1. The van der Waals surface area contributed by atoms with E-state index in [0.717, 1.165) is 59.3 Å². The zero-order valence-corrected chi connectivity index (χ0v) is 22.1. The van der Waals surface area contributed by atoms with Crippen molar-refractivity contribution in [1.29, 1.82) is 0 Å². The molecule has 1 aliphatic carbocycles. The summed E-state index contributed by atoms with van der Waals surface area (Å²) in [5, 5.41) is 1.96. The van der Waals surface area contributed by atoms with Gasteiger partial charge in [-0.3, -0.25) is 9.21 Å². The van der Waals surface area contributed by atoms with Crippen molar-refractivity contribution < 1.29 is 13.2 Å². The second-order valence-corrected chi connectivity index (χ2v) is 12.9. The van der Waals surface area contributed by atoms with Crippen LogP contribution in [-0.2, 0) is 10.0 Å². The molecule has 0 unspecified atom stereocenters. The van der Waals surface area contributed by atoms with Gasteiger partial charge in [-0.2, -0.15) is 0 Å². The Labute approximate surface area is 218 Å². The van der Waals surface area contributed by atoms with E-state index in [1.54, 1.807) is 28.2 Å². The van der Waals surface area contributed by atoms with E-state index in [2.05, 4.69) is 9.80 Å². The number of fused-ring (bicyclic) bond motifs is 2. The molecule has 2 fully saturated rings. The molecule has 3 aromatic carbocycles. The summed E-state index contributed by atoms with van der Waals surface area (Å²) in [5.74, 6) is 1.46. The minimum Gasteiger partial charge on any atom is -0.493 e. The summed E-state index contributed by atoms with van der Waals surface area (Å²) in [6.45, 7) is 6.80. The molecule has 190 valence electrons. The predicted molar refractivity (Wildman–Crippen MR) is 147 cm³/mol. The molecular weight excluding hydrogens is 490 g/mol. The van der Waals surface area contributed by atoms with Crippen LogP contribution in [0, 0.1) is 0 Å². The number of benzene rings is 3. The third-order valence-corrected chi connectivity index (χ3v) is 10.3. The average molecular weight is 524 g/mol. The van der Waals surface area contributed by atoms with Gasteiger partial charge in [-0.05, 0) is 54.3 Å². The molecule has 3 aromatic rings. The molecule has 0 aromatic heterocycles. The van der Waals surface area contributed by atoms with Crippen molar-refractivity contribution in [3.05, 3.63) is 60.7 Å². The Hall–Kier alpha value is -2.26. The van der Waals surface area contributed by atoms with Crippen LogP contribution >= 0.6 is 11.8 Å². The van der Waals surface area contributed by atoms with Gasteiger partial charge in [0.25, 0.3) is 10.0 Å². The third-order valence-electron chi connectivity index (χ3n) is 7.42. The summed E-state index contributed by atoms with van der Waals surface area (Å²) < 4.78 is 35.0. The molecule has 2 heterocycles. The normalized spacial score (nSPS) is 19.4. The van der Waals surface area contributed by atoms with Crippen LogP contribution in [0.5, 0.6) is 5.75 Å². The fourth-order valence-electron chi connectivity index (χ4n) is 5.24. The Bertz CT molecular complexity index is 1330. The Kier molecular flexibility index (Phi) is 6.86. The Balaban J connectivity index is 1.11. The Morgan fingerprint density at radius 1 is 0.889 bits per heavy atom. The molecule has 36 heavy (non-hydrogen) atoms. The summed E-state index contributed by atoms with van der Waals surface area (Å²) in [7, 11) is -3.68. The van der Waals surface area contributed by atoms with Crippen LogP contribution in [0.15, 0.2) is 70.5 Å². The van der Waals surface area contributed by atoms with Gasteiger partial charge >= 0.3 is 0 Å². The van der Waals surface area contributed by atoms with Gasteiger partial charge in [0.2, 0.25) is 0 Å². The predicted octanol–water partition coefficient (Wildman–Crippen LogP) is 4.69. The number of piperazine rings is 1. The lowest BCUT2D eigenvalue weighted by atomic mass is 10.1. The Morgan fingerprint density at radius 3 is 2.50 bits per heavy atom. The van der Waals surface area contributed by atoms with Crippen LogP contribution in [-0.4, -0.2) is 75.9 Å². The topological polar surface area (TPSA) is 53.1 Å². The minimum atomic E-state index is -3.68. The summed E-state index contributed by atoms with van der Waals surface area (Å²) >= 11 is 1.70. The van der Waals surface area contributed by atoms with E-state index in [4.69, 9.17) is 4.74 Å². The van der Waals surface area contributed by atoms with Crippen molar-refractivity contribution in [2.45, 2.75) is 35.1 Å². The van der Waals surface area contributed by atoms with E-state index in [1.807, 2.05) is 48.5 Å². The number of nitrogens with zero attached hydrogens (tertiary/aromatic N) is 3. The maximum absolute atomic E-state index is 13.7. The zero-order valence-electron chi connectivity index (χ0n) is 20.5. The first kappa shape index (κ1) is 24.1. The van der Waals surface area contributed by atoms with Gasteiger partial charge in [-0.1, -0.05) is 30.3 Å². The summed E-state index contributed by atoms with van der Waals surface area (Å²) in [6.07, 6.45) is 3.73.